The molecule has 1 aromatic rings. The molecule has 1 saturated heterocycles. The summed E-state index contributed by atoms with van der Waals surface area (Å²) >= 11 is 0. The van der Waals surface area contributed by atoms with Crippen LogP contribution in [0.5, 0.6) is 0 Å². The lowest BCUT2D eigenvalue weighted by molar-refractivity contribution is 0.120. The van der Waals surface area contributed by atoms with Gasteiger partial charge in [0.05, 0.1) is 0 Å². The maximum atomic E-state index is 13.6. The molecular formula is C18H31FIN5. The number of rotatable bonds is 5. The van der Waals surface area contributed by atoms with Gasteiger partial charge in [-0.1, -0.05) is 12.1 Å². The monoisotopic (exact) mass is 463 g/mol. The molecule has 0 bridgehead atoms. The topological polar surface area (TPSA) is 42.9 Å². The van der Waals surface area contributed by atoms with Crippen molar-refractivity contribution < 1.29 is 4.39 Å². The molecule has 0 aliphatic carbocycles. The summed E-state index contributed by atoms with van der Waals surface area (Å²) in [4.78, 5) is 9.10. The van der Waals surface area contributed by atoms with Crippen molar-refractivity contribution in [3.63, 3.8) is 0 Å². The standard InChI is InChI=1S/C18H30FN5.HI/c1-14-5-6-16(11-17(14)19)13-22-18(20-3)21-12-15(2)24-9-7-23(4)8-10-24;/h5-6,11,15H,7-10,12-13H2,1-4H3,(H2,20,21,22);1H. The summed E-state index contributed by atoms with van der Waals surface area (Å²) < 4.78 is 13.6. The predicted octanol–water partition coefficient (Wildman–Crippen LogP) is 2.05. The van der Waals surface area contributed by atoms with Crippen molar-refractivity contribution in [3.8, 4) is 0 Å². The van der Waals surface area contributed by atoms with Crippen LogP contribution in [0.25, 0.3) is 0 Å². The molecule has 142 valence electrons. The van der Waals surface area contributed by atoms with Gasteiger partial charge in [-0.2, -0.15) is 0 Å². The van der Waals surface area contributed by atoms with Crippen LogP contribution in [-0.4, -0.2) is 68.6 Å². The van der Waals surface area contributed by atoms with E-state index in [0.29, 0.717) is 18.2 Å². The number of aliphatic imine (C=N–C) groups is 1. The van der Waals surface area contributed by atoms with Crippen LogP contribution in [0.4, 0.5) is 4.39 Å². The summed E-state index contributed by atoms with van der Waals surface area (Å²) in [7, 11) is 3.92. The molecule has 1 atom stereocenters. The predicted molar refractivity (Wildman–Crippen MR) is 113 cm³/mol. The first-order valence-electron chi connectivity index (χ1n) is 8.61. The molecule has 1 heterocycles. The van der Waals surface area contributed by atoms with Crippen LogP contribution in [0.1, 0.15) is 18.1 Å². The molecule has 1 fully saturated rings. The minimum absolute atomic E-state index is 0. The lowest BCUT2D eigenvalue weighted by atomic mass is 10.1. The molecule has 1 aliphatic heterocycles. The molecule has 25 heavy (non-hydrogen) atoms. The van der Waals surface area contributed by atoms with E-state index in [0.717, 1.165) is 44.2 Å². The number of nitrogens with one attached hydrogen (secondary N) is 2. The van der Waals surface area contributed by atoms with E-state index >= 15 is 0 Å². The highest BCUT2D eigenvalue weighted by Gasteiger charge is 2.19. The van der Waals surface area contributed by atoms with Crippen molar-refractivity contribution in [2.24, 2.45) is 4.99 Å². The Bertz CT molecular complexity index is 558. The normalized spacial score (nSPS) is 17.7. The number of aryl methyl sites for hydroxylation is 1. The number of nitrogens with zero attached hydrogens (tertiary/aromatic N) is 3. The molecule has 7 heteroatoms. The van der Waals surface area contributed by atoms with Crippen LogP contribution in [0.15, 0.2) is 23.2 Å². The summed E-state index contributed by atoms with van der Waals surface area (Å²) in [5.74, 6) is 0.581. The molecule has 1 unspecified atom stereocenters. The molecule has 0 amide bonds. The minimum atomic E-state index is -0.166. The van der Waals surface area contributed by atoms with Crippen molar-refractivity contribution in [3.05, 3.63) is 35.1 Å². The zero-order chi connectivity index (χ0) is 17.5. The number of likely N-dealkylation sites (N-methyl/N-ethyl adjacent to an activating group) is 1. The van der Waals surface area contributed by atoms with E-state index in [-0.39, 0.29) is 29.8 Å². The van der Waals surface area contributed by atoms with Gasteiger partial charge in [-0.15, -0.1) is 24.0 Å². The van der Waals surface area contributed by atoms with E-state index in [1.807, 2.05) is 6.07 Å². The highest BCUT2D eigenvalue weighted by molar-refractivity contribution is 14.0. The Labute approximate surface area is 168 Å². The van der Waals surface area contributed by atoms with E-state index in [1.165, 1.54) is 0 Å². The summed E-state index contributed by atoms with van der Waals surface area (Å²) in [5, 5.41) is 6.61. The largest absolute Gasteiger partial charge is 0.355 e. The molecule has 0 radical (unpaired) electrons. The van der Waals surface area contributed by atoms with Gasteiger partial charge >= 0.3 is 0 Å². The van der Waals surface area contributed by atoms with Gasteiger partial charge in [0.15, 0.2) is 5.96 Å². The quantitative estimate of drug-likeness (QED) is 0.399. The highest BCUT2D eigenvalue weighted by atomic mass is 127. The maximum Gasteiger partial charge on any atom is 0.191 e. The minimum Gasteiger partial charge on any atom is -0.355 e. The zero-order valence-corrected chi connectivity index (χ0v) is 18.0. The zero-order valence-electron chi connectivity index (χ0n) is 15.7. The average molecular weight is 463 g/mol. The Morgan fingerprint density at radius 1 is 1.24 bits per heavy atom. The van der Waals surface area contributed by atoms with Gasteiger partial charge in [-0.3, -0.25) is 9.89 Å². The lowest BCUT2D eigenvalue weighted by Crippen LogP contribution is -2.52. The van der Waals surface area contributed by atoms with Crippen LogP contribution >= 0.6 is 24.0 Å². The second kappa shape index (κ2) is 10.9. The van der Waals surface area contributed by atoms with Crippen LogP contribution in [0.3, 0.4) is 0 Å². The maximum absolute atomic E-state index is 13.6. The van der Waals surface area contributed by atoms with E-state index in [2.05, 4.69) is 39.4 Å². The molecule has 0 aromatic heterocycles. The number of hydrogen-bond donors (Lipinski definition) is 2. The van der Waals surface area contributed by atoms with Gasteiger partial charge < -0.3 is 15.5 Å². The number of halogens is 2. The Morgan fingerprint density at radius 2 is 1.92 bits per heavy atom. The van der Waals surface area contributed by atoms with Crippen LogP contribution in [0, 0.1) is 12.7 Å². The van der Waals surface area contributed by atoms with Gasteiger partial charge in [-0.05, 0) is 38.1 Å². The van der Waals surface area contributed by atoms with Gasteiger partial charge in [0.25, 0.3) is 0 Å². The number of hydrogen-bond acceptors (Lipinski definition) is 3. The first kappa shape index (κ1) is 22.1. The second-order valence-corrected chi connectivity index (χ2v) is 6.58. The Kier molecular flexibility index (Phi) is 9.66. The molecule has 2 N–H and O–H groups in total. The molecule has 5 nitrogen and oxygen atoms in total. The third-order valence-corrected chi connectivity index (χ3v) is 4.65. The van der Waals surface area contributed by atoms with Crippen molar-refractivity contribution >= 4 is 29.9 Å². The van der Waals surface area contributed by atoms with Crippen molar-refractivity contribution in [1.82, 2.24) is 20.4 Å². The van der Waals surface area contributed by atoms with Crippen LogP contribution < -0.4 is 10.6 Å². The van der Waals surface area contributed by atoms with E-state index in [1.54, 1.807) is 26.1 Å². The van der Waals surface area contributed by atoms with Gasteiger partial charge in [0.1, 0.15) is 5.82 Å². The Hall–Kier alpha value is -0.930. The molecular weight excluding hydrogens is 432 g/mol. The number of piperazine rings is 1. The summed E-state index contributed by atoms with van der Waals surface area (Å²) in [5.41, 5.74) is 1.58. The fourth-order valence-corrected chi connectivity index (χ4v) is 2.79. The summed E-state index contributed by atoms with van der Waals surface area (Å²) in [6, 6.07) is 5.76. The summed E-state index contributed by atoms with van der Waals surface area (Å²) in [6.07, 6.45) is 0. The molecule has 1 aliphatic rings. The highest BCUT2D eigenvalue weighted by Crippen LogP contribution is 2.09. The average Bonchev–Trinajstić information content (AvgIpc) is 2.58. The molecule has 0 spiro atoms. The van der Waals surface area contributed by atoms with Crippen LogP contribution in [0.2, 0.25) is 0 Å². The van der Waals surface area contributed by atoms with Crippen molar-refractivity contribution in [2.75, 3.05) is 46.8 Å². The fraction of sp³-hybridized carbons (Fsp3) is 0.611. The molecule has 2 rings (SSSR count). The third kappa shape index (κ3) is 7.07. The first-order valence-corrected chi connectivity index (χ1v) is 8.61. The second-order valence-electron chi connectivity index (χ2n) is 6.58. The SMILES string of the molecule is CN=C(NCc1ccc(C)c(F)c1)NCC(C)N1CCN(C)CC1.I. The molecule has 0 saturated carbocycles. The van der Waals surface area contributed by atoms with E-state index in [9.17, 15) is 4.39 Å². The lowest BCUT2D eigenvalue weighted by Gasteiger charge is -2.36. The fourth-order valence-electron chi connectivity index (χ4n) is 2.79. The third-order valence-electron chi connectivity index (χ3n) is 4.65. The first-order chi connectivity index (χ1) is 11.5. The van der Waals surface area contributed by atoms with Gasteiger partial charge in [0.2, 0.25) is 0 Å². The van der Waals surface area contributed by atoms with E-state index in [4.69, 9.17) is 0 Å². The van der Waals surface area contributed by atoms with Gasteiger partial charge in [0, 0.05) is 52.4 Å². The number of benzene rings is 1. The number of guanidine groups is 1. The van der Waals surface area contributed by atoms with Crippen LogP contribution in [-0.2, 0) is 6.54 Å². The summed E-state index contributed by atoms with van der Waals surface area (Å²) in [6.45, 7) is 9.85. The van der Waals surface area contributed by atoms with Gasteiger partial charge in [-0.25, -0.2) is 4.39 Å². The van der Waals surface area contributed by atoms with E-state index < -0.39 is 0 Å². The Balaban J connectivity index is 0.00000312. The van der Waals surface area contributed by atoms with Crippen molar-refractivity contribution in [2.45, 2.75) is 26.4 Å². The Morgan fingerprint density at radius 3 is 2.52 bits per heavy atom. The van der Waals surface area contributed by atoms with Crippen molar-refractivity contribution in [1.29, 1.82) is 0 Å². The smallest absolute Gasteiger partial charge is 0.191 e. The molecule has 1 aromatic carbocycles.